The Morgan fingerprint density at radius 2 is 1.02 bits per heavy atom. The van der Waals surface area contributed by atoms with Gasteiger partial charge in [-0.15, -0.1) is 0 Å². The number of fused-ring (bicyclic) bond motifs is 1. The van der Waals surface area contributed by atoms with Crippen molar-refractivity contribution < 1.29 is 26.7 Å². The first-order valence-corrected chi connectivity index (χ1v) is 24.9. The van der Waals surface area contributed by atoms with Crippen LogP contribution in [0.3, 0.4) is 0 Å². The van der Waals surface area contributed by atoms with Crippen molar-refractivity contribution in [2.24, 2.45) is 9.98 Å². The van der Waals surface area contributed by atoms with E-state index in [-0.39, 0.29) is 28.0 Å². The smallest absolute Gasteiger partial charge is 0.127 e. The van der Waals surface area contributed by atoms with E-state index in [1.807, 2.05) is 13.0 Å². The Balaban J connectivity index is 0.000000459. The molecule has 304 valence electrons. The summed E-state index contributed by atoms with van der Waals surface area (Å²) >= 11 is 0. The summed E-state index contributed by atoms with van der Waals surface area (Å²) in [6.45, 7) is 22.4. The summed E-state index contributed by atoms with van der Waals surface area (Å²) in [6.07, 6.45) is 16.4. The van der Waals surface area contributed by atoms with E-state index in [4.69, 9.17) is 9.98 Å². The van der Waals surface area contributed by atoms with Crippen LogP contribution in [0.15, 0.2) is 70.6 Å². The van der Waals surface area contributed by atoms with Crippen molar-refractivity contribution in [2.45, 2.75) is 164 Å². The van der Waals surface area contributed by atoms with E-state index in [0.29, 0.717) is 5.39 Å². The second-order valence-corrected chi connectivity index (χ2v) is 21.8. The minimum absolute atomic E-state index is 0. The van der Waals surface area contributed by atoms with E-state index in [2.05, 4.69) is 104 Å². The van der Waals surface area contributed by atoms with Gasteiger partial charge < -0.3 is 10.2 Å². The zero-order chi connectivity index (χ0) is 39.7. The second-order valence-electron chi connectivity index (χ2n) is 16.3. The summed E-state index contributed by atoms with van der Waals surface area (Å²) in [5.74, 6) is 0.334. The van der Waals surface area contributed by atoms with Gasteiger partial charge in [-0.2, -0.15) is 0 Å². The summed E-state index contributed by atoms with van der Waals surface area (Å²) < 4.78 is 0. The number of aryl methyl sites for hydroxylation is 5. The Bertz CT molecular complexity index is 1840. The summed E-state index contributed by atoms with van der Waals surface area (Å²) in [5.41, 5.74) is 12.4. The van der Waals surface area contributed by atoms with Gasteiger partial charge in [0.2, 0.25) is 0 Å². The van der Waals surface area contributed by atoms with Crippen molar-refractivity contribution in [2.75, 3.05) is 0 Å². The number of hydrogen-bond acceptors (Lipinski definition) is 4. The average molecular weight is 808 g/mol. The molecule has 0 aliphatic heterocycles. The van der Waals surface area contributed by atoms with Crippen molar-refractivity contribution in [3.8, 4) is 11.5 Å². The third kappa shape index (κ3) is 15.7. The van der Waals surface area contributed by atoms with Crippen LogP contribution in [-0.2, 0) is 48.2 Å². The summed E-state index contributed by atoms with van der Waals surface area (Å²) in [7, 11) is -1.21. The Kier molecular flexibility index (Phi) is 21.3. The predicted octanol–water partition coefficient (Wildman–Crippen LogP) is 14.7. The van der Waals surface area contributed by atoms with E-state index in [0.717, 1.165) is 78.9 Å². The molecule has 2 N–H and O–H groups in total. The molecule has 0 aliphatic rings. The molecule has 0 bridgehead atoms. The van der Waals surface area contributed by atoms with Gasteiger partial charge in [0.25, 0.3) is 0 Å². The molecular formula is C49H72N2NiO2Si. The van der Waals surface area contributed by atoms with E-state index in [1.165, 1.54) is 78.6 Å². The summed E-state index contributed by atoms with van der Waals surface area (Å²) in [6, 6.07) is 22.2. The van der Waals surface area contributed by atoms with Gasteiger partial charge in [0.05, 0.1) is 28.2 Å². The van der Waals surface area contributed by atoms with Crippen LogP contribution in [0.4, 0.5) is 11.4 Å². The number of phenols is 2. The van der Waals surface area contributed by atoms with Crippen LogP contribution >= 0.6 is 0 Å². The minimum atomic E-state index is -1.21. The van der Waals surface area contributed by atoms with E-state index < -0.39 is 8.07 Å². The first-order chi connectivity index (χ1) is 25.9. The largest absolute Gasteiger partial charge is 0.507 e. The zero-order valence-electron chi connectivity index (χ0n) is 36.0. The minimum Gasteiger partial charge on any atom is -0.507 e. The van der Waals surface area contributed by atoms with Gasteiger partial charge in [0.1, 0.15) is 11.5 Å². The van der Waals surface area contributed by atoms with Gasteiger partial charge in [-0.25, -0.2) is 0 Å². The van der Waals surface area contributed by atoms with Crippen LogP contribution in [-0.4, -0.2) is 29.7 Å². The van der Waals surface area contributed by atoms with Crippen LogP contribution in [0.2, 0.25) is 19.6 Å². The van der Waals surface area contributed by atoms with Crippen LogP contribution in [0.1, 0.15) is 139 Å². The Labute approximate surface area is 346 Å². The van der Waals surface area contributed by atoms with Gasteiger partial charge in [0.15, 0.2) is 0 Å². The summed E-state index contributed by atoms with van der Waals surface area (Å²) in [4.78, 5) is 10.6. The van der Waals surface area contributed by atoms with Crippen molar-refractivity contribution in [1.29, 1.82) is 0 Å². The number of hydrogen-bond donors (Lipinski definition) is 2. The molecule has 4 rings (SSSR count). The molecule has 4 nitrogen and oxygen atoms in total. The topological polar surface area (TPSA) is 65.2 Å². The predicted molar refractivity (Wildman–Crippen MR) is 241 cm³/mol. The van der Waals surface area contributed by atoms with Crippen molar-refractivity contribution in [1.82, 2.24) is 0 Å². The molecule has 0 aliphatic carbocycles. The average Bonchev–Trinajstić information content (AvgIpc) is 3.13. The Morgan fingerprint density at radius 3 is 1.51 bits per heavy atom. The molecule has 0 atom stereocenters. The molecule has 0 amide bonds. The molecule has 55 heavy (non-hydrogen) atoms. The fourth-order valence-electron chi connectivity index (χ4n) is 7.36. The van der Waals surface area contributed by atoms with Gasteiger partial charge in [-0.3, -0.25) is 9.98 Å². The van der Waals surface area contributed by atoms with E-state index in [1.54, 1.807) is 12.1 Å². The number of unbranched alkanes of at least 4 members (excludes halogenated alkanes) is 6. The van der Waals surface area contributed by atoms with E-state index >= 15 is 0 Å². The number of rotatable bonds is 19. The van der Waals surface area contributed by atoms with Gasteiger partial charge in [-0.1, -0.05) is 124 Å². The molecule has 0 spiro atoms. The second kappa shape index (κ2) is 24.4. The molecule has 4 aromatic rings. The number of benzene rings is 4. The van der Waals surface area contributed by atoms with Crippen molar-refractivity contribution >= 4 is 41.6 Å². The normalized spacial score (nSPS) is 12.0. The van der Waals surface area contributed by atoms with Gasteiger partial charge in [-0.05, 0) is 139 Å². The molecule has 0 unspecified atom stereocenters. The number of phenolic OH excluding ortho intramolecular Hbond substituents is 2. The molecule has 0 aromatic heterocycles. The van der Waals surface area contributed by atoms with Gasteiger partial charge >= 0.3 is 0 Å². The molecule has 6 heteroatoms. The van der Waals surface area contributed by atoms with Crippen LogP contribution in [0.25, 0.3) is 10.8 Å². The fourth-order valence-corrected chi connectivity index (χ4v) is 8.79. The van der Waals surface area contributed by atoms with Crippen molar-refractivity contribution in [3.63, 3.8) is 0 Å². The number of nitrogens with zero attached hydrogens (tertiary/aromatic N) is 2. The molecule has 0 fully saturated rings. The maximum atomic E-state index is 10.1. The van der Waals surface area contributed by atoms with Crippen LogP contribution < -0.4 is 0 Å². The molecule has 0 saturated carbocycles. The Morgan fingerprint density at radius 1 is 0.545 bits per heavy atom. The maximum Gasteiger partial charge on any atom is 0.127 e. The van der Waals surface area contributed by atoms with E-state index in [9.17, 15) is 10.2 Å². The summed E-state index contributed by atoms with van der Waals surface area (Å²) in [5, 5.41) is 21.5. The zero-order valence-corrected chi connectivity index (χ0v) is 38.0. The maximum absolute atomic E-state index is 10.1. The van der Waals surface area contributed by atoms with Crippen molar-refractivity contribution in [3.05, 3.63) is 94.0 Å². The molecule has 0 saturated heterocycles. The standard InChI is InChI=1S/C34H52N2.C15H20O2Si.Ni/c1-7-13-15-16-17-18-20-34(36-32-24-22-28(10-4)30(12-6)26-32)33(19-14-8-2)35-31-23-21-27(9-3)29(11-5)25-31;1-10-5-12-7-11(9-18(2,3)4)8-14(17)15(12)13(16)6-10;/h21-26H,7-20H2,1-6H3;5-8,16-17H,9H2,1-4H3;. The number of aromatic hydroxyl groups is 2. The number of aliphatic imine (C=N–C) groups is 2. The first-order valence-electron chi connectivity index (χ1n) is 21.2. The SMILES string of the molecule is CCCCCCCCC(=Nc1ccc(CC)c(CC)c1)C(CCCC)=Nc1ccc(CC)c(CC)c1.Cc1cc(O)c2c(O)cc(C[Si](C)(C)C)cc2c1.[Ni]. The third-order valence-electron chi connectivity index (χ3n) is 10.2. The molecule has 0 radical (unpaired) electrons. The molecule has 0 heterocycles. The fraction of sp³-hybridized carbons (Fsp3) is 0.510. The quantitative estimate of drug-likeness (QED) is 0.0563. The van der Waals surface area contributed by atoms with Crippen LogP contribution in [0, 0.1) is 6.92 Å². The Hall–Kier alpha value is -3.21. The monoisotopic (exact) mass is 806 g/mol. The van der Waals surface area contributed by atoms with Gasteiger partial charge in [0, 0.05) is 24.6 Å². The first kappa shape index (κ1) is 47.9. The van der Waals surface area contributed by atoms with Crippen LogP contribution in [0.5, 0.6) is 11.5 Å². The third-order valence-corrected chi connectivity index (χ3v) is 11.7. The molecule has 4 aromatic carbocycles. The molecular weight excluding hydrogens is 735 g/mol.